The Kier molecular flexibility index (Phi) is 8.57. The van der Waals surface area contributed by atoms with Gasteiger partial charge in [0.2, 0.25) is 5.91 Å². The minimum atomic E-state index is -0.403. The summed E-state index contributed by atoms with van der Waals surface area (Å²) in [7, 11) is 0. The zero-order valence-electron chi connectivity index (χ0n) is 11.4. The molecule has 0 heterocycles. The molecule has 0 bridgehead atoms. The third kappa shape index (κ3) is 5.55. The molecule has 0 aromatic carbocycles. The summed E-state index contributed by atoms with van der Waals surface area (Å²) in [6, 6.07) is -0.151. The second-order valence-electron chi connectivity index (χ2n) is 5.36. The van der Waals surface area contributed by atoms with Crippen molar-refractivity contribution in [2.75, 3.05) is 6.54 Å². The molecule has 0 spiro atoms. The molecule has 4 N–H and O–H groups in total. The highest BCUT2D eigenvalue weighted by molar-refractivity contribution is 5.85. The van der Waals surface area contributed by atoms with Gasteiger partial charge in [-0.3, -0.25) is 4.79 Å². The molecule has 3 unspecified atom stereocenters. The first-order valence-corrected chi connectivity index (χ1v) is 6.73. The first-order valence-electron chi connectivity index (χ1n) is 6.73. The Labute approximate surface area is 116 Å². The van der Waals surface area contributed by atoms with Gasteiger partial charge in [-0.15, -0.1) is 12.4 Å². The maximum Gasteiger partial charge on any atom is 0.224 e. The van der Waals surface area contributed by atoms with Crippen LogP contribution in [0.1, 0.15) is 46.0 Å². The summed E-state index contributed by atoms with van der Waals surface area (Å²) in [5.74, 6) is 0.0954. The number of halogens is 1. The van der Waals surface area contributed by atoms with Crippen LogP contribution < -0.4 is 11.1 Å². The average Bonchev–Trinajstić information content (AvgIpc) is 2.35. The molecule has 1 rings (SSSR count). The van der Waals surface area contributed by atoms with E-state index in [1.165, 1.54) is 19.3 Å². The second-order valence-corrected chi connectivity index (χ2v) is 5.36. The van der Waals surface area contributed by atoms with E-state index in [0.29, 0.717) is 12.5 Å². The number of hydrogen-bond acceptors (Lipinski definition) is 3. The number of carbonyl (C=O) groups excluding carboxylic acids is 1. The lowest BCUT2D eigenvalue weighted by Crippen LogP contribution is -2.43. The Morgan fingerprint density at radius 2 is 1.89 bits per heavy atom. The molecule has 0 aliphatic heterocycles. The summed E-state index contributed by atoms with van der Waals surface area (Å²) in [6.45, 7) is 4.00. The number of nitrogens with two attached hydrogens (primary N) is 1. The lowest BCUT2D eigenvalue weighted by Gasteiger charge is -2.27. The van der Waals surface area contributed by atoms with E-state index in [4.69, 9.17) is 5.73 Å². The van der Waals surface area contributed by atoms with Crippen molar-refractivity contribution in [1.29, 1.82) is 0 Å². The average molecular weight is 279 g/mol. The highest BCUT2D eigenvalue weighted by atomic mass is 35.5. The molecule has 1 saturated carbocycles. The van der Waals surface area contributed by atoms with Crippen LogP contribution in [0.3, 0.4) is 0 Å². The van der Waals surface area contributed by atoms with Gasteiger partial charge in [0, 0.05) is 18.5 Å². The Hall–Kier alpha value is -0.320. The van der Waals surface area contributed by atoms with Gasteiger partial charge in [0.15, 0.2) is 0 Å². The minimum Gasteiger partial charge on any atom is -0.391 e. The molecular weight excluding hydrogens is 252 g/mol. The lowest BCUT2D eigenvalue weighted by molar-refractivity contribution is -0.125. The van der Waals surface area contributed by atoms with Crippen LogP contribution in [0, 0.1) is 11.8 Å². The van der Waals surface area contributed by atoms with Crippen LogP contribution in [0.4, 0.5) is 0 Å². The van der Waals surface area contributed by atoms with Crippen LogP contribution in [0.5, 0.6) is 0 Å². The summed E-state index contributed by atoms with van der Waals surface area (Å²) in [5, 5.41) is 12.8. The SMILES string of the molecule is CC(N)C(C)C(=O)NCC(O)C1CCCCC1.Cl. The first-order chi connectivity index (χ1) is 8.02. The number of hydrogen-bond donors (Lipinski definition) is 3. The van der Waals surface area contributed by atoms with Crippen molar-refractivity contribution in [2.24, 2.45) is 17.6 Å². The molecule has 1 amide bonds. The Morgan fingerprint density at radius 3 is 2.39 bits per heavy atom. The molecule has 1 aliphatic rings. The first kappa shape index (κ1) is 17.7. The second kappa shape index (κ2) is 8.73. The van der Waals surface area contributed by atoms with E-state index in [1.54, 1.807) is 0 Å². The van der Waals surface area contributed by atoms with Crippen LogP contribution in [0.25, 0.3) is 0 Å². The van der Waals surface area contributed by atoms with Crippen LogP contribution in [-0.2, 0) is 4.79 Å². The fraction of sp³-hybridized carbons (Fsp3) is 0.923. The number of aliphatic hydroxyl groups excluding tert-OH is 1. The Morgan fingerprint density at radius 1 is 1.33 bits per heavy atom. The van der Waals surface area contributed by atoms with E-state index >= 15 is 0 Å². The molecule has 0 saturated heterocycles. The topological polar surface area (TPSA) is 75.4 Å². The number of aliphatic hydroxyl groups is 1. The largest absolute Gasteiger partial charge is 0.391 e. The van der Waals surface area contributed by atoms with Crippen molar-refractivity contribution in [3.8, 4) is 0 Å². The number of amides is 1. The van der Waals surface area contributed by atoms with Gasteiger partial charge in [0.25, 0.3) is 0 Å². The molecule has 1 fully saturated rings. The minimum absolute atomic E-state index is 0. The summed E-state index contributed by atoms with van der Waals surface area (Å²) >= 11 is 0. The number of carbonyl (C=O) groups is 1. The fourth-order valence-electron chi connectivity index (χ4n) is 2.29. The van der Waals surface area contributed by atoms with Crippen LogP contribution in [0.15, 0.2) is 0 Å². The molecule has 0 aromatic rings. The van der Waals surface area contributed by atoms with Gasteiger partial charge in [0.05, 0.1) is 6.10 Å². The van der Waals surface area contributed by atoms with E-state index in [-0.39, 0.29) is 30.3 Å². The molecule has 0 radical (unpaired) electrons. The normalized spacial score (nSPS) is 21.6. The zero-order valence-corrected chi connectivity index (χ0v) is 12.2. The predicted molar refractivity (Wildman–Crippen MR) is 75.7 cm³/mol. The van der Waals surface area contributed by atoms with Crippen molar-refractivity contribution in [3.05, 3.63) is 0 Å². The smallest absolute Gasteiger partial charge is 0.224 e. The number of rotatable bonds is 5. The van der Waals surface area contributed by atoms with Gasteiger partial charge in [-0.1, -0.05) is 26.2 Å². The lowest BCUT2D eigenvalue weighted by atomic mass is 9.85. The van der Waals surface area contributed by atoms with Crippen LogP contribution >= 0.6 is 12.4 Å². The molecule has 1 aliphatic carbocycles. The predicted octanol–water partition coefficient (Wildman–Crippen LogP) is 1.45. The summed E-state index contributed by atoms with van der Waals surface area (Å²) < 4.78 is 0. The van der Waals surface area contributed by atoms with E-state index in [9.17, 15) is 9.90 Å². The maximum atomic E-state index is 11.7. The van der Waals surface area contributed by atoms with Gasteiger partial charge in [-0.2, -0.15) is 0 Å². The third-order valence-electron chi connectivity index (χ3n) is 3.88. The van der Waals surface area contributed by atoms with Crippen molar-refractivity contribution in [2.45, 2.75) is 58.1 Å². The van der Waals surface area contributed by atoms with Crippen molar-refractivity contribution >= 4 is 18.3 Å². The molecule has 108 valence electrons. The summed E-state index contributed by atoms with van der Waals surface area (Å²) in [6.07, 6.45) is 5.44. The van der Waals surface area contributed by atoms with E-state index < -0.39 is 6.10 Å². The quantitative estimate of drug-likeness (QED) is 0.712. The van der Waals surface area contributed by atoms with Crippen LogP contribution in [-0.4, -0.2) is 29.7 Å². The third-order valence-corrected chi connectivity index (χ3v) is 3.88. The zero-order chi connectivity index (χ0) is 12.8. The van der Waals surface area contributed by atoms with Crippen molar-refractivity contribution in [1.82, 2.24) is 5.32 Å². The van der Waals surface area contributed by atoms with Gasteiger partial charge in [0.1, 0.15) is 0 Å². The van der Waals surface area contributed by atoms with Crippen molar-refractivity contribution < 1.29 is 9.90 Å². The van der Waals surface area contributed by atoms with E-state index in [0.717, 1.165) is 12.8 Å². The standard InChI is InChI=1S/C13H26N2O2.ClH/c1-9(10(2)14)13(17)15-8-12(16)11-6-4-3-5-7-11;/h9-12,16H,3-8,14H2,1-2H3,(H,15,17);1H. The van der Waals surface area contributed by atoms with Crippen LogP contribution in [0.2, 0.25) is 0 Å². The molecular formula is C13H27ClN2O2. The molecule has 4 nitrogen and oxygen atoms in total. The number of nitrogens with one attached hydrogen (secondary N) is 1. The van der Waals surface area contributed by atoms with Gasteiger partial charge in [-0.25, -0.2) is 0 Å². The molecule has 3 atom stereocenters. The molecule has 18 heavy (non-hydrogen) atoms. The Bertz CT molecular complexity index is 243. The molecule has 0 aromatic heterocycles. The Balaban J connectivity index is 0.00000289. The van der Waals surface area contributed by atoms with Gasteiger partial charge in [-0.05, 0) is 25.7 Å². The molecule has 5 heteroatoms. The summed E-state index contributed by atoms with van der Waals surface area (Å²) in [5.41, 5.74) is 5.66. The summed E-state index contributed by atoms with van der Waals surface area (Å²) in [4.78, 5) is 11.7. The monoisotopic (exact) mass is 278 g/mol. The van der Waals surface area contributed by atoms with Crippen molar-refractivity contribution in [3.63, 3.8) is 0 Å². The van der Waals surface area contributed by atoms with Gasteiger partial charge < -0.3 is 16.2 Å². The highest BCUT2D eigenvalue weighted by Gasteiger charge is 2.23. The van der Waals surface area contributed by atoms with Gasteiger partial charge >= 0.3 is 0 Å². The van der Waals surface area contributed by atoms with E-state index in [2.05, 4.69) is 5.32 Å². The highest BCUT2D eigenvalue weighted by Crippen LogP contribution is 2.26. The van der Waals surface area contributed by atoms with E-state index in [1.807, 2.05) is 13.8 Å². The maximum absolute atomic E-state index is 11.7. The fourth-order valence-corrected chi connectivity index (χ4v) is 2.29.